The molecule has 0 amide bonds. The van der Waals surface area contributed by atoms with E-state index in [1.807, 2.05) is 0 Å². The molecule has 0 saturated heterocycles. The quantitative estimate of drug-likeness (QED) is 0.175. The van der Waals surface area contributed by atoms with E-state index in [1.54, 1.807) is 0 Å². The van der Waals surface area contributed by atoms with Crippen molar-refractivity contribution in [2.75, 3.05) is 0 Å². The van der Waals surface area contributed by atoms with Gasteiger partial charge < -0.3 is 0 Å². The number of aromatic nitrogens is 1. The monoisotopic (exact) mass is 763 g/mol. The molecule has 0 N–H and O–H groups in total. The zero-order chi connectivity index (χ0) is 39.4. The van der Waals surface area contributed by atoms with Crippen molar-refractivity contribution < 1.29 is 0 Å². The van der Waals surface area contributed by atoms with Crippen molar-refractivity contribution in [3.8, 4) is 33.4 Å². The second-order valence-corrected chi connectivity index (χ2v) is 17.1. The molecule has 0 bridgehead atoms. The van der Waals surface area contributed by atoms with E-state index in [9.17, 15) is 0 Å². The molecule has 8 aromatic rings. The summed E-state index contributed by atoms with van der Waals surface area (Å²) in [5.74, 6) is 0.00535. The molecule has 13 rings (SSSR count). The fraction of sp³-hybridized carbons (Fsp3) is 0.102. The topological polar surface area (TPSA) is 12.9 Å². The van der Waals surface area contributed by atoms with E-state index in [1.165, 1.54) is 94.4 Å². The molecule has 2 spiro atoms. The summed E-state index contributed by atoms with van der Waals surface area (Å²) < 4.78 is 0. The molecule has 0 aliphatic heterocycles. The Bertz CT molecular complexity index is 3180. The predicted molar refractivity (Wildman–Crippen MR) is 247 cm³/mol. The molecule has 1 aromatic heterocycles. The average molecular weight is 764 g/mol. The van der Waals surface area contributed by atoms with E-state index < -0.39 is 10.8 Å². The molecule has 0 fully saturated rings. The van der Waals surface area contributed by atoms with Crippen LogP contribution in [0.1, 0.15) is 64.3 Å². The van der Waals surface area contributed by atoms with Crippen molar-refractivity contribution in [3.63, 3.8) is 0 Å². The predicted octanol–water partition coefficient (Wildman–Crippen LogP) is 14.3. The van der Waals surface area contributed by atoms with Crippen molar-refractivity contribution in [1.29, 1.82) is 0 Å². The SMILES string of the molecule is C1=CC2=C(CC1)c1ccccc1C21C2=C(C(c3cc(-c4ccc(-c5ccccc5)cc4)c4ccccc4n3)CC=C2)C2(c3ccccc3-c3ccccc32)c2ccccc21. The normalized spacial score (nSPS) is 19.9. The number of rotatable bonds is 3. The molecule has 1 heterocycles. The zero-order valence-corrected chi connectivity index (χ0v) is 33.3. The number of hydrogen-bond acceptors (Lipinski definition) is 1. The van der Waals surface area contributed by atoms with Gasteiger partial charge in [0.05, 0.1) is 16.3 Å². The van der Waals surface area contributed by atoms with Gasteiger partial charge in [0.1, 0.15) is 0 Å². The van der Waals surface area contributed by atoms with Gasteiger partial charge in [0, 0.05) is 17.0 Å². The molecule has 0 radical (unpaired) electrons. The van der Waals surface area contributed by atoms with Crippen LogP contribution in [0.5, 0.6) is 0 Å². The number of benzene rings is 7. The lowest BCUT2D eigenvalue weighted by Crippen LogP contribution is -2.46. The highest BCUT2D eigenvalue weighted by Crippen LogP contribution is 2.70. The van der Waals surface area contributed by atoms with Crippen molar-refractivity contribution in [1.82, 2.24) is 4.98 Å². The highest BCUT2D eigenvalue weighted by Gasteiger charge is 2.61. The summed E-state index contributed by atoms with van der Waals surface area (Å²) in [7, 11) is 0. The summed E-state index contributed by atoms with van der Waals surface area (Å²) in [4.78, 5) is 5.71. The third-order valence-corrected chi connectivity index (χ3v) is 14.4. The third-order valence-electron chi connectivity index (χ3n) is 14.4. The number of nitrogens with zero attached hydrogens (tertiary/aromatic N) is 1. The fourth-order valence-electron chi connectivity index (χ4n) is 12.2. The largest absolute Gasteiger partial charge is 0.252 e. The summed E-state index contributed by atoms with van der Waals surface area (Å²) in [6.07, 6.45) is 12.9. The summed E-state index contributed by atoms with van der Waals surface area (Å²) in [5, 5.41) is 1.18. The van der Waals surface area contributed by atoms with E-state index in [0.29, 0.717) is 0 Å². The van der Waals surface area contributed by atoms with Crippen LogP contribution in [0.4, 0.5) is 0 Å². The summed E-state index contributed by atoms with van der Waals surface area (Å²) in [6, 6.07) is 68.3. The maximum atomic E-state index is 5.71. The molecule has 7 aromatic carbocycles. The molecule has 2 unspecified atom stereocenters. The van der Waals surface area contributed by atoms with Crippen LogP contribution in [0.25, 0.3) is 49.9 Å². The molecule has 1 nitrogen and oxygen atoms in total. The molecule has 0 saturated carbocycles. The Morgan fingerprint density at radius 3 is 1.72 bits per heavy atom. The maximum absolute atomic E-state index is 5.71. The zero-order valence-electron chi connectivity index (χ0n) is 33.3. The highest BCUT2D eigenvalue weighted by atomic mass is 14.7. The van der Waals surface area contributed by atoms with Crippen molar-refractivity contribution in [3.05, 3.63) is 262 Å². The number of fused-ring (bicyclic) bond motifs is 15. The van der Waals surface area contributed by atoms with Crippen LogP contribution < -0.4 is 0 Å². The van der Waals surface area contributed by atoms with Crippen molar-refractivity contribution in [2.24, 2.45) is 0 Å². The first-order valence-electron chi connectivity index (χ1n) is 21.5. The minimum atomic E-state index is -0.527. The van der Waals surface area contributed by atoms with E-state index in [2.05, 4.69) is 206 Å². The fourth-order valence-corrected chi connectivity index (χ4v) is 12.2. The van der Waals surface area contributed by atoms with Gasteiger partial charge in [-0.2, -0.15) is 0 Å². The van der Waals surface area contributed by atoms with E-state index in [4.69, 9.17) is 4.98 Å². The lowest BCUT2D eigenvalue weighted by Gasteiger charge is -2.53. The summed E-state index contributed by atoms with van der Waals surface area (Å²) >= 11 is 0. The van der Waals surface area contributed by atoms with Crippen molar-refractivity contribution in [2.45, 2.75) is 36.0 Å². The maximum Gasteiger partial charge on any atom is 0.0713 e. The van der Waals surface area contributed by atoms with Gasteiger partial charge in [-0.3, -0.25) is 4.98 Å². The average Bonchev–Trinajstić information content (AvgIpc) is 3.79. The Morgan fingerprint density at radius 1 is 0.433 bits per heavy atom. The third kappa shape index (κ3) is 4.34. The Labute approximate surface area is 351 Å². The van der Waals surface area contributed by atoms with Gasteiger partial charge in [0.15, 0.2) is 0 Å². The molecular weight excluding hydrogens is 723 g/mol. The lowest BCUT2D eigenvalue weighted by molar-refractivity contribution is 0.551. The van der Waals surface area contributed by atoms with Crippen LogP contribution >= 0.6 is 0 Å². The lowest BCUT2D eigenvalue weighted by atomic mass is 9.49. The second-order valence-electron chi connectivity index (χ2n) is 17.1. The van der Waals surface area contributed by atoms with Gasteiger partial charge >= 0.3 is 0 Å². The molecule has 5 aliphatic carbocycles. The van der Waals surface area contributed by atoms with E-state index in [-0.39, 0.29) is 5.92 Å². The Balaban J connectivity index is 1.14. The molecule has 5 aliphatic rings. The van der Waals surface area contributed by atoms with Crippen LogP contribution in [0.15, 0.2) is 223 Å². The van der Waals surface area contributed by atoms with Gasteiger partial charge in [0.2, 0.25) is 0 Å². The van der Waals surface area contributed by atoms with Crippen LogP contribution in [0, 0.1) is 0 Å². The number of allylic oxidation sites excluding steroid dienone is 8. The summed E-state index contributed by atoms with van der Waals surface area (Å²) in [5.41, 5.74) is 22.9. The first-order valence-corrected chi connectivity index (χ1v) is 21.5. The molecule has 60 heavy (non-hydrogen) atoms. The van der Waals surface area contributed by atoms with Gasteiger partial charge in [-0.1, -0.05) is 194 Å². The molecule has 2 atom stereocenters. The number of hydrogen-bond donors (Lipinski definition) is 0. The van der Waals surface area contributed by atoms with Crippen LogP contribution in [-0.2, 0) is 10.8 Å². The van der Waals surface area contributed by atoms with Crippen molar-refractivity contribution >= 4 is 16.5 Å². The van der Waals surface area contributed by atoms with Gasteiger partial charge in [-0.15, -0.1) is 0 Å². The van der Waals surface area contributed by atoms with E-state index >= 15 is 0 Å². The number of pyridine rings is 1. The minimum Gasteiger partial charge on any atom is -0.252 e. The molecular formula is C59H41N. The Kier molecular flexibility index (Phi) is 7.16. The Hall–Kier alpha value is -7.09. The smallest absolute Gasteiger partial charge is 0.0713 e. The van der Waals surface area contributed by atoms with Crippen LogP contribution in [0.2, 0.25) is 0 Å². The van der Waals surface area contributed by atoms with Crippen LogP contribution in [-0.4, -0.2) is 4.98 Å². The molecule has 282 valence electrons. The van der Waals surface area contributed by atoms with E-state index in [0.717, 1.165) is 30.5 Å². The number of para-hydroxylation sites is 1. The first-order chi connectivity index (χ1) is 29.8. The second kappa shape index (κ2) is 12.7. The standard InChI is InChI=1S/C59H41N/c1-2-17-38(18-3-1)39-33-35-40(36-34-39)47-37-56(60-55-32-15-8-23-45(47)55)46-24-16-31-54-57(46)59(50-27-11-6-21-43(50)44-22-7-12-28-51(44)59)53-30-14-13-29-52(53)58(54)48-25-9-4-19-41(48)42-20-5-10-26-49(42)58/h1-4,6-19,21-23,25-37,46H,5,20,24H2. The Morgan fingerprint density at radius 2 is 0.983 bits per heavy atom. The molecule has 1 heteroatoms. The van der Waals surface area contributed by atoms with Gasteiger partial charge in [-0.25, -0.2) is 0 Å². The first kappa shape index (κ1) is 33.8. The highest BCUT2D eigenvalue weighted by molar-refractivity contribution is 5.97. The van der Waals surface area contributed by atoms with Crippen LogP contribution in [0.3, 0.4) is 0 Å². The van der Waals surface area contributed by atoms with Gasteiger partial charge in [-0.05, 0) is 120 Å². The van der Waals surface area contributed by atoms with Gasteiger partial charge in [0.25, 0.3) is 0 Å². The minimum absolute atomic E-state index is 0.00535. The summed E-state index contributed by atoms with van der Waals surface area (Å²) in [6.45, 7) is 0.